The number of benzene rings is 2. The Bertz CT molecular complexity index is 943. The van der Waals surface area contributed by atoms with E-state index in [4.69, 9.17) is 16.3 Å². The fourth-order valence-electron chi connectivity index (χ4n) is 2.37. The third-order valence-electron chi connectivity index (χ3n) is 4.01. The zero-order chi connectivity index (χ0) is 19.4. The van der Waals surface area contributed by atoms with Crippen LogP contribution in [0.15, 0.2) is 47.6 Å². The highest BCUT2D eigenvalue weighted by atomic mass is 35.5. The summed E-state index contributed by atoms with van der Waals surface area (Å²) in [5.41, 5.74) is 2.43. The molecule has 0 fully saturated rings. The van der Waals surface area contributed by atoms with Crippen molar-refractivity contribution < 1.29 is 9.53 Å². The lowest BCUT2D eigenvalue weighted by Gasteiger charge is -2.12. The molecule has 0 radical (unpaired) electrons. The summed E-state index contributed by atoms with van der Waals surface area (Å²) in [5.74, 6) is 1.27. The second-order valence-corrected chi connectivity index (χ2v) is 7.57. The Morgan fingerprint density at radius 3 is 2.70 bits per heavy atom. The number of hydrogen-bond acceptors (Lipinski definition) is 5. The van der Waals surface area contributed by atoms with Gasteiger partial charge < -0.3 is 10.1 Å². The average molecular weight is 403 g/mol. The number of aromatic nitrogens is 3. The summed E-state index contributed by atoms with van der Waals surface area (Å²) < 4.78 is 5.15. The molecule has 8 heteroatoms. The predicted molar refractivity (Wildman–Crippen MR) is 109 cm³/mol. The highest BCUT2D eigenvalue weighted by Gasteiger charge is 2.18. The lowest BCUT2D eigenvalue weighted by Crippen LogP contribution is -2.23. The summed E-state index contributed by atoms with van der Waals surface area (Å²) in [6, 6.07) is 12.9. The third kappa shape index (κ3) is 4.61. The van der Waals surface area contributed by atoms with Crippen molar-refractivity contribution >= 4 is 35.0 Å². The largest absolute Gasteiger partial charge is 0.497 e. The van der Waals surface area contributed by atoms with Gasteiger partial charge in [-0.3, -0.25) is 9.89 Å². The number of carbonyl (C=O) groups is 1. The topological polar surface area (TPSA) is 79.9 Å². The number of nitrogens with one attached hydrogen (secondary N) is 2. The first-order valence-electron chi connectivity index (χ1n) is 8.27. The van der Waals surface area contributed by atoms with Crippen LogP contribution in [0.4, 0.5) is 5.69 Å². The molecule has 140 valence electrons. The molecular weight excluding hydrogens is 384 g/mol. The van der Waals surface area contributed by atoms with Crippen molar-refractivity contribution in [2.24, 2.45) is 0 Å². The van der Waals surface area contributed by atoms with Crippen LogP contribution in [0.25, 0.3) is 11.4 Å². The minimum atomic E-state index is -0.372. The van der Waals surface area contributed by atoms with Crippen molar-refractivity contribution in [3.63, 3.8) is 0 Å². The summed E-state index contributed by atoms with van der Waals surface area (Å²) in [4.78, 5) is 16.9. The van der Waals surface area contributed by atoms with Gasteiger partial charge in [-0.2, -0.15) is 0 Å². The van der Waals surface area contributed by atoms with E-state index in [2.05, 4.69) is 20.5 Å². The standard InChI is InChI=1S/C19H19ClN4O2S/c1-11-15(20)5-4-6-16(11)21-18(25)12(2)27-19-22-17(23-24-19)13-7-9-14(26-3)10-8-13/h4-10,12H,1-3H3,(H,21,25)(H,22,23,24)/t12-/m0/s1. The Balaban J connectivity index is 1.65. The molecule has 1 aromatic heterocycles. The fraction of sp³-hybridized carbons (Fsp3) is 0.211. The lowest BCUT2D eigenvalue weighted by molar-refractivity contribution is -0.115. The molecule has 1 amide bonds. The van der Waals surface area contributed by atoms with Crippen LogP contribution >= 0.6 is 23.4 Å². The first kappa shape index (κ1) is 19.3. The van der Waals surface area contributed by atoms with Gasteiger partial charge in [0.15, 0.2) is 5.82 Å². The molecule has 2 aromatic carbocycles. The number of amides is 1. The molecule has 2 N–H and O–H groups in total. The number of rotatable bonds is 6. The molecule has 0 spiro atoms. The monoisotopic (exact) mass is 402 g/mol. The first-order valence-corrected chi connectivity index (χ1v) is 9.53. The van der Waals surface area contributed by atoms with Gasteiger partial charge in [-0.1, -0.05) is 29.4 Å². The molecular formula is C19H19ClN4O2S. The van der Waals surface area contributed by atoms with Crippen molar-refractivity contribution in [1.82, 2.24) is 15.2 Å². The Morgan fingerprint density at radius 2 is 2.00 bits per heavy atom. The van der Waals surface area contributed by atoms with Crippen LogP contribution in [0.2, 0.25) is 5.02 Å². The molecule has 27 heavy (non-hydrogen) atoms. The Labute approximate surface area is 166 Å². The fourth-order valence-corrected chi connectivity index (χ4v) is 3.27. The molecule has 0 bridgehead atoms. The molecule has 0 aliphatic carbocycles. The molecule has 3 rings (SSSR count). The molecule has 0 aliphatic heterocycles. The molecule has 1 heterocycles. The quantitative estimate of drug-likeness (QED) is 0.591. The van der Waals surface area contributed by atoms with Gasteiger partial charge in [0.25, 0.3) is 0 Å². The van der Waals surface area contributed by atoms with Gasteiger partial charge in [-0.15, -0.1) is 5.10 Å². The zero-order valence-electron chi connectivity index (χ0n) is 15.1. The molecule has 0 saturated heterocycles. The number of thioether (sulfide) groups is 1. The molecule has 3 aromatic rings. The van der Waals surface area contributed by atoms with Gasteiger partial charge in [0, 0.05) is 16.3 Å². The molecule has 1 atom stereocenters. The van der Waals surface area contributed by atoms with E-state index in [0.717, 1.165) is 16.9 Å². The second-order valence-electron chi connectivity index (χ2n) is 5.86. The van der Waals surface area contributed by atoms with Crippen molar-refractivity contribution in [2.75, 3.05) is 12.4 Å². The summed E-state index contributed by atoms with van der Waals surface area (Å²) in [6.45, 7) is 3.68. The van der Waals surface area contributed by atoms with Crippen molar-refractivity contribution in [3.05, 3.63) is 53.1 Å². The number of methoxy groups -OCH3 is 1. The summed E-state index contributed by atoms with van der Waals surface area (Å²) in [7, 11) is 1.62. The smallest absolute Gasteiger partial charge is 0.237 e. The minimum Gasteiger partial charge on any atom is -0.497 e. The van der Waals surface area contributed by atoms with Crippen LogP contribution in [-0.4, -0.2) is 33.4 Å². The van der Waals surface area contributed by atoms with Gasteiger partial charge in [-0.05, 0) is 55.8 Å². The van der Waals surface area contributed by atoms with Gasteiger partial charge in [0.2, 0.25) is 11.1 Å². The SMILES string of the molecule is COc1ccc(-c2nc(S[C@@H](C)C(=O)Nc3cccc(Cl)c3C)n[nH]2)cc1. The molecule has 0 aliphatic rings. The number of anilines is 1. The average Bonchev–Trinajstić information content (AvgIpc) is 3.14. The number of ether oxygens (including phenoxy) is 1. The minimum absolute atomic E-state index is 0.138. The normalized spacial score (nSPS) is 11.9. The van der Waals surface area contributed by atoms with Crippen molar-refractivity contribution in [2.45, 2.75) is 24.3 Å². The molecule has 0 unspecified atom stereocenters. The van der Waals surface area contributed by atoms with Crippen molar-refractivity contribution in [1.29, 1.82) is 0 Å². The van der Waals surface area contributed by atoms with E-state index in [1.54, 1.807) is 19.2 Å². The molecule has 6 nitrogen and oxygen atoms in total. The summed E-state index contributed by atoms with van der Waals surface area (Å²) >= 11 is 7.38. The maximum atomic E-state index is 12.5. The molecule has 0 saturated carbocycles. The Morgan fingerprint density at radius 1 is 1.26 bits per heavy atom. The summed E-state index contributed by atoms with van der Waals surface area (Å²) in [5, 5.41) is 10.7. The van der Waals surface area contributed by atoms with Crippen LogP contribution in [0.3, 0.4) is 0 Å². The van der Waals surface area contributed by atoms with Gasteiger partial charge in [0.1, 0.15) is 5.75 Å². The Kier molecular flexibility index (Phi) is 6.03. The number of hydrogen-bond donors (Lipinski definition) is 2. The van der Waals surface area contributed by atoms with E-state index in [0.29, 0.717) is 21.7 Å². The maximum Gasteiger partial charge on any atom is 0.237 e. The Hall–Kier alpha value is -2.51. The van der Waals surface area contributed by atoms with E-state index in [-0.39, 0.29) is 11.2 Å². The van der Waals surface area contributed by atoms with Crippen LogP contribution in [0.1, 0.15) is 12.5 Å². The van der Waals surface area contributed by atoms with E-state index in [9.17, 15) is 4.79 Å². The highest BCUT2D eigenvalue weighted by Crippen LogP contribution is 2.27. The highest BCUT2D eigenvalue weighted by molar-refractivity contribution is 8.00. The number of aromatic amines is 1. The van der Waals surface area contributed by atoms with Crippen LogP contribution in [-0.2, 0) is 4.79 Å². The van der Waals surface area contributed by atoms with E-state index in [1.165, 1.54) is 11.8 Å². The third-order valence-corrected chi connectivity index (χ3v) is 5.38. The van der Waals surface area contributed by atoms with E-state index in [1.807, 2.05) is 44.2 Å². The second kappa shape index (κ2) is 8.45. The summed E-state index contributed by atoms with van der Waals surface area (Å²) in [6.07, 6.45) is 0. The van der Waals surface area contributed by atoms with Gasteiger partial charge in [0.05, 0.1) is 12.4 Å². The number of nitrogens with zero attached hydrogens (tertiary/aromatic N) is 2. The van der Waals surface area contributed by atoms with Crippen LogP contribution in [0.5, 0.6) is 5.75 Å². The van der Waals surface area contributed by atoms with E-state index < -0.39 is 0 Å². The number of halogens is 1. The maximum absolute atomic E-state index is 12.5. The van der Waals surface area contributed by atoms with Crippen LogP contribution < -0.4 is 10.1 Å². The lowest BCUT2D eigenvalue weighted by atomic mass is 10.2. The zero-order valence-corrected chi connectivity index (χ0v) is 16.7. The van der Waals surface area contributed by atoms with Crippen LogP contribution in [0, 0.1) is 6.92 Å². The number of H-pyrrole nitrogens is 1. The van der Waals surface area contributed by atoms with Gasteiger partial charge >= 0.3 is 0 Å². The van der Waals surface area contributed by atoms with Crippen molar-refractivity contribution in [3.8, 4) is 17.1 Å². The predicted octanol–water partition coefficient (Wildman–Crippen LogP) is 4.56. The van der Waals surface area contributed by atoms with E-state index >= 15 is 0 Å². The van der Waals surface area contributed by atoms with Gasteiger partial charge in [-0.25, -0.2) is 4.98 Å². The number of carbonyl (C=O) groups excluding carboxylic acids is 1. The first-order chi connectivity index (χ1) is 13.0.